The summed E-state index contributed by atoms with van der Waals surface area (Å²) in [5.74, 6) is -0.855. The van der Waals surface area contributed by atoms with Crippen LogP contribution in [0.25, 0.3) is 0 Å². The van der Waals surface area contributed by atoms with Crippen LogP contribution < -0.4 is 5.32 Å². The predicted octanol–water partition coefficient (Wildman–Crippen LogP) is 3.85. The normalized spacial score (nSPS) is 11.2. The summed E-state index contributed by atoms with van der Waals surface area (Å²) in [4.78, 5) is 14.5. The quantitative estimate of drug-likeness (QED) is 0.903. The van der Waals surface area contributed by atoms with Gasteiger partial charge in [-0.15, -0.1) is 0 Å². The van der Waals surface area contributed by atoms with Crippen molar-refractivity contribution in [3.63, 3.8) is 0 Å². The van der Waals surface area contributed by atoms with Crippen LogP contribution in [-0.2, 0) is 6.18 Å². The summed E-state index contributed by atoms with van der Waals surface area (Å²) in [7, 11) is 0. The number of carboxylic acids is 1. The smallest absolute Gasteiger partial charge is 0.416 e. The third-order valence-corrected chi connectivity index (χ3v) is 2.84. The van der Waals surface area contributed by atoms with E-state index in [2.05, 4.69) is 10.3 Å². The number of alkyl halides is 3. The van der Waals surface area contributed by atoms with Gasteiger partial charge in [0, 0.05) is 11.9 Å². The van der Waals surface area contributed by atoms with Crippen LogP contribution in [0.15, 0.2) is 36.5 Å². The Morgan fingerprint density at radius 3 is 2.48 bits per heavy atom. The second-order valence-corrected chi connectivity index (χ2v) is 4.39. The van der Waals surface area contributed by atoms with Crippen LogP contribution in [0.5, 0.6) is 0 Å². The number of hydrogen-bond donors (Lipinski definition) is 2. The average Bonchev–Trinajstić information content (AvgIpc) is 2.40. The lowest BCUT2D eigenvalue weighted by molar-refractivity contribution is -0.137. The van der Waals surface area contributed by atoms with Gasteiger partial charge in [0.1, 0.15) is 5.82 Å². The topological polar surface area (TPSA) is 62.2 Å². The van der Waals surface area contributed by atoms with Crippen molar-refractivity contribution in [3.8, 4) is 0 Å². The van der Waals surface area contributed by atoms with Gasteiger partial charge >= 0.3 is 12.1 Å². The number of nitrogens with zero attached hydrogens (tertiary/aromatic N) is 1. The molecular formula is C14H11F3N2O2. The molecule has 0 unspecified atom stereocenters. The first-order valence-corrected chi connectivity index (χ1v) is 5.91. The first-order chi connectivity index (χ1) is 9.77. The SMILES string of the molecule is Cc1ccc(C(F)(F)F)cc1Nc1ccc(C(=O)O)cn1. The van der Waals surface area contributed by atoms with Crippen molar-refractivity contribution in [2.75, 3.05) is 5.32 Å². The third kappa shape index (κ3) is 3.50. The molecule has 2 aromatic rings. The van der Waals surface area contributed by atoms with Crippen LogP contribution in [0.3, 0.4) is 0 Å². The molecule has 0 fully saturated rings. The third-order valence-electron chi connectivity index (χ3n) is 2.84. The Morgan fingerprint density at radius 2 is 1.95 bits per heavy atom. The van der Waals surface area contributed by atoms with E-state index in [0.717, 1.165) is 18.3 Å². The van der Waals surface area contributed by atoms with Crippen molar-refractivity contribution in [2.45, 2.75) is 13.1 Å². The summed E-state index contributed by atoms with van der Waals surface area (Å²) in [6.07, 6.45) is -3.29. The van der Waals surface area contributed by atoms with Gasteiger partial charge in [-0.3, -0.25) is 0 Å². The number of rotatable bonds is 3. The molecule has 0 aliphatic rings. The second-order valence-electron chi connectivity index (χ2n) is 4.39. The van der Waals surface area contributed by atoms with Crippen molar-refractivity contribution in [3.05, 3.63) is 53.2 Å². The molecule has 0 saturated heterocycles. The zero-order valence-electron chi connectivity index (χ0n) is 10.9. The van der Waals surface area contributed by atoms with E-state index < -0.39 is 17.7 Å². The number of hydrogen-bond acceptors (Lipinski definition) is 3. The molecule has 1 heterocycles. The zero-order valence-corrected chi connectivity index (χ0v) is 10.9. The summed E-state index contributed by atoms with van der Waals surface area (Å²) in [5.41, 5.74) is 0.117. The van der Waals surface area contributed by atoms with Crippen LogP contribution in [0.2, 0.25) is 0 Å². The number of aromatic carboxylic acids is 1. The van der Waals surface area contributed by atoms with Gasteiger partial charge in [0.05, 0.1) is 11.1 Å². The van der Waals surface area contributed by atoms with Gasteiger partial charge in [0.25, 0.3) is 0 Å². The van der Waals surface area contributed by atoms with Gasteiger partial charge < -0.3 is 10.4 Å². The number of aromatic nitrogens is 1. The molecule has 2 rings (SSSR count). The lowest BCUT2D eigenvalue weighted by atomic mass is 10.1. The number of anilines is 2. The Labute approximate surface area is 118 Å². The van der Waals surface area contributed by atoms with Gasteiger partial charge in [-0.05, 0) is 36.8 Å². The fraction of sp³-hybridized carbons (Fsp3) is 0.143. The molecule has 21 heavy (non-hydrogen) atoms. The van der Waals surface area contributed by atoms with Crippen molar-refractivity contribution < 1.29 is 23.1 Å². The highest BCUT2D eigenvalue weighted by Crippen LogP contribution is 2.32. The summed E-state index contributed by atoms with van der Waals surface area (Å²) in [6.45, 7) is 1.66. The lowest BCUT2D eigenvalue weighted by Gasteiger charge is -2.13. The molecule has 4 nitrogen and oxygen atoms in total. The van der Waals surface area contributed by atoms with Crippen molar-refractivity contribution >= 4 is 17.5 Å². The maximum Gasteiger partial charge on any atom is 0.416 e. The minimum atomic E-state index is -4.43. The van der Waals surface area contributed by atoms with Gasteiger partial charge in [-0.25, -0.2) is 9.78 Å². The van der Waals surface area contributed by atoms with E-state index >= 15 is 0 Å². The number of carboxylic acid groups (broad SMARTS) is 1. The minimum absolute atomic E-state index is 0.00122. The molecule has 0 aliphatic heterocycles. The number of benzene rings is 1. The molecule has 0 aliphatic carbocycles. The molecule has 110 valence electrons. The Bertz CT molecular complexity index is 667. The highest BCUT2D eigenvalue weighted by molar-refractivity contribution is 5.87. The fourth-order valence-corrected chi connectivity index (χ4v) is 1.67. The van der Waals surface area contributed by atoms with Crippen LogP contribution >= 0.6 is 0 Å². The van der Waals surface area contributed by atoms with E-state index in [-0.39, 0.29) is 17.1 Å². The van der Waals surface area contributed by atoms with E-state index in [1.165, 1.54) is 18.2 Å². The Morgan fingerprint density at radius 1 is 1.24 bits per heavy atom. The minimum Gasteiger partial charge on any atom is -0.478 e. The van der Waals surface area contributed by atoms with Crippen LogP contribution in [0.4, 0.5) is 24.7 Å². The molecule has 2 N–H and O–H groups in total. The number of carbonyl (C=O) groups is 1. The summed E-state index contributed by atoms with van der Waals surface area (Å²) in [5, 5.41) is 11.5. The standard InChI is InChI=1S/C14H11F3N2O2/c1-8-2-4-10(14(15,16)17)6-11(8)19-12-5-3-9(7-18-12)13(20)21/h2-7H,1H3,(H,18,19)(H,20,21). The first-order valence-electron chi connectivity index (χ1n) is 5.91. The number of halogens is 3. The highest BCUT2D eigenvalue weighted by Gasteiger charge is 2.30. The van der Waals surface area contributed by atoms with E-state index in [4.69, 9.17) is 5.11 Å². The van der Waals surface area contributed by atoms with E-state index in [1.54, 1.807) is 6.92 Å². The molecule has 0 atom stereocenters. The van der Waals surface area contributed by atoms with Gasteiger partial charge in [-0.2, -0.15) is 13.2 Å². The van der Waals surface area contributed by atoms with Gasteiger partial charge in [0.15, 0.2) is 0 Å². The molecule has 0 radical (unpaired) electrons. The number of pyridine rings is 1. The van der Waals surface area contributed by atoms with Crippen molar-refractivity contribution in [1.29, 1.82) is 0 Å². The molecule has 1 aromatic heterocycles. The molecular weight excluding hydrogens is 285 g/mol. The van der Waals surface area contributed by atoms with Crippen LogP contribution in [0, 0.1) is 6.92 Å². The first kappa shape index (κ1) is 14.8. The Balaban J connectivity index is 2.28. The van der Waals surface area contributed by atoms with Crippen molar-refractivity contribution in [1.82, 2.24) is 4.98 Å². The molecule has 7 heteroatoms. The van der Waals surface area contributed by atoms with E-state index in [1.807, 2.05) is 0 Å². The summed E-state index contributed by atoms with van der Waals surface area (Å²) >= 11 is 0. The second kappa shape index (κ2) is 5.43. The fourth-order valence-electron chi connectivity index (χ4n) is 1.67. The van der Waals surface area contributed by atoms with Crippen LogP contribution in [0.1, 0.15) is 21.5 Å². The average molecular weight is 296 g/mol. The summed E-state index contributed by atoms with van der Waals surface area (Å²) < 4.78 is 38.0. The van der Waals surface area contributed by atoms with Crippen LogP contribution in [-0.4, -0.2) is 16.1 Å². The lowest BCUT2D eigenvalue weighted by Crippen LogP contribution is -2.06. The van der Waals surface area contributed by atoms with E-state index in [9.17, 15) is 18.0 Å². The number of aryl methyl sites for hydroxylation is 1. The molecule has 0 saturated carbocycles. The number of nitrogens with one attached hydrogen (secondary N) is 1. The predicted molar refractivity (Wildman–Crippen MR) is 70.7 cm³/mol. The van der Waals surface area contributed by atoms with Gasteiger partial charge in [0.2, 0.25) is 0 Å². The monoisotopic (exact) mass is 296 g/mol. The highest BCUT2D eigenvalue weighted by atomic mass is 19.4. The summed E-state index contributed by atoms with van der Waals surface area (Å²) in [6, 6.07) is 6.06. The molecule has 1 aromatic carbocycles. The Kier molecular flexibility index (Phi) is 3.84. The van der Waals surface area contributed by atoms with E-state index in [0.29, 0.717) is 5.56 Å². The maximum absolute atomic E-state index is 12.7. The molecule has 0 amide bonds. The maximum atomic E-state index is 12.7. The zero-order chi connectivity index (χ0) is 15.6. The van der Waals surface area contributed by atoms with Gasteiger partial charge in [-0.1, -0.05) is 6.07 Å². The van der Waals surface area contributed by atoms with Crippen molar-refractivity contribution in [2.24, 2.45) is 0 Å². The Hall–Kier alpha value is -2.57. The largest absolute Gasteiger partial charge is 0.478 e. The molecule has 0 bridgehead atoms. The molecule has 0 spiro atoms.